The molecule has 0 amide bonds. The Morgan fingerprint density at radius 3 is 2.26 bits per heavy atom. The first-order chi connectivity index (χ1) is 12.5. The van der Waals surface area contributed by atoms with Gasteiger partial charge in [0, 0.05) is 7.11 Å². The Labute approximate surface area is 162 Å². The van der Waals surface area contributed by atoms with E-state index >= 15 is 0 Å². The van der Waals surface area contributed by atoms with Gasteiger partial charge in [0.25, 0.3) is 0 Å². The van der Waals surface area contributed by atoms with E-state index in [1.807, 2.05) is 13.0 Å². The van der Waals surface area contributed by atoms with Gasteiger partial charge in [0.1, 0.15) is 12.2 Å². The average molecular weight is 397 g/mol. The van der Waals surface area contributed by atoms with Crippen LogP contribution in [0, 0.1) is 0 Å². The van der Waals surface area contributed by atoms with Gasteiger partial charge >= 0.3 is 5.97 Å². The second kappa shape index (κ2) is 8.41. The van der Waals surface area contributed by atoms with E-state index in [1.54, 1.807) is 24.3 Å². The van der Waals surface area contributed by atoms with Gasteiger partial charge in [-0.15, -0.1) is 0 Å². The van der Waals surface area contributed by atoms with Crippen LogP contribution in [0.15, 0.2) is 30.3 Å². The molecule has 1 saturated heterocycles. The van der Waals surface area contributed by atoms with E-state index in [4.69, 9.17) is 18.6 Å². The van der Waals surface area contributed by atoms with Crippen molar-refractivity contribution in [3.63, 3.8) is 0 Å². The predicted octanol–water partition coefficient (Wildman–Crippen LogP) is 3.35. The molecule has 0 aromatic heterocycles. The van der Waals surface area contributed by atoms with Crippen molar-refractivity contribution < 1.29 is 28.5 Å². The molecule has 152 valence electrons. The lowest BCUT2D eigenvalue weighted by atomic mass is 9.99. The van der Waals surface area contributed by atoms with Gasteiger partial charge in [-0.2, -0.15) is 0 Å². The zero-order chi connectivity index (χ0) is 20.4. The van der Waals surface area contributed by atoms with Crippen molar-refractivity contribution in [2.24, 2.45) is 0 Å². The number of carbonyl (C=O) groups excluding carboxylic acids is 1. The van der Waals surface area contributed by atoms with Crippen molar-refractivity contribution in [3.8, 4) is 0 Å². The van der Waals surface area contributed by atoms with Crippen molar-refractivity contribution in [1.29, 1.82) is 0 Å². The summed E-state index contributed by atoms with van der Waals surface area (Å²) in [6, 6.07) is 8.64. The first kappa shape index (κ1) is 22.0. The number of hydrogen-bond acceptors (Lipinski definition) is 6. The second-order valence-electron chi connectivity index (χ2n) is 8.51. The first-order valence-corrected chi connectivity index (χ1v) is 12.2. The van der Waals surface area contributed by atoms with Crippen molar-refractivity contribution in [1.82, 2.24) is 0 Å². The van der Waals surface area contributed by atoms with Crippen LogP contribution in [0.1, 0.15) is 38.1 Å². The normalized spacial score (nSPS) is 29.4. The van der Waals surface area contributed by atoms with Crippen LogP contribution in [0.5, 0.6) is 0 Å². The maximum Gasteiger partial charge on any atom is 0.338 e. The van der Waals surface area contributed by atoms with Gasteiger partial charge in [0.15, 0.2) is 20.7 Å². The minimum absolute atomic E-state index is 0.0270. The smallest absolute Gasteiger partial charge is 0.338 e. The van der Waals surface area contributed by atoms with E-state index in [-0.39, 0.29) is 5.04 Å². The Morgan fingerprint density at radius 1 is 1.15 bits per heavy atom. The van der Waals surface area contributed by atoms with Crippen LogP contribution in [0.4, 0.5) is 0 Å². The molecule has 1 heterocycles. The number of benzene rings is 1. The van der Waals surface area contributed by atoms with Gasteiger partial charge in [-0.25, -0.2) is 4.79 Å². The van der Waals surface area contributed by atoms with E-state index in [1.165, 1.54) is 7.11 Å². The summed E-state index contributed by atoms with van der Waals surface area (Å²) in [4.78, 5) is 12.5. The summed E-state index contributed by atoms with van der Waals surface area (Å²) in [7, 11) is -0.702. The number of carbonyl (C=O) groups is 1. The third kappa shape index (κ3) is 4.97. The van der Waals surface area contributed by atoms with E-state index in [0.717, 1.165) is 0 Å². The van der Waals surface area contributed by atoms with Crippen LogP contribution < -0.4 is 0 Å². The number of methoxy groups -OCH3 is 1. The van der Waals surface area contributed by atoms with Crippen LogP contribution in [0.25, 0.3) is 0 Å². The Balaban J connectivity index is 2.21. The highest BCUT2D eigenvalue weighted by molar-refractivity contribution is 6.74. The Hall–Kier alpha value is -1.25. The minimum atomic E-state index is -2.16. The summed E-state index contributed by atoms with van der Waals surface area (Å²) in [6.45, 7) is 12.4. The quantitative estimate of drug-likeness (QED) is 0.608. The molecule has 1 aromatic carbocycles. The van der Waals surface area contributed by atoms with Gasteiger partial charge < -0.3 is 23.7 Å². The molecule has 1 aromatic rings. The maximum absolute atomic E-state index is 12.5. The largest absolute Gasteiger partial charge is 0.450 e. The van der Waals surface area contributed by atoms with Crippen LogP contribution in [0.3, 0.4) is 0 Å². The lowest BCUT2D eigenvalue weighted by Gasteiger charge is -2.47. The van der Waals surface area contributed by atoms with E-state index in [9.17, 15) is 9.90 Å². The SMILES string of the molecule is CO[C@H]1O[C@H](C)[C@@H](O[Si](C)(C)C(C)(C)C)[C@@H](O)[C@H]1OC(=O)c1ccccc1. The summed E-state index contributed by atoms with van der Waals surface area (Å²) < 4.78 is 23.2. The lowest BCUT2D eigenvalue weighted by Crippen LogP contribution is -2.62. The number of esters is 1. The van der Waals surface area contributed by atoms with Crippen molar-refractivity contribution >= 4 is 14.3 Å². The molecular weight excluding hydrogens is 364 g/mol. The van der Waals surface area contributed by atoms with Gasteiger partial charge in [-0.3, -0.25) is 0 Å². The molecule has 27 heavy (non-hydrogen) atoms. The molecule has 0 bridgehead atoms. The molecule has 5 atom stereocenters. The number of aliphatic hydroxyl groups is 1. The van der Waals surface area contributed by atoms with Gasteiger partial charge in [-0.05, 0) is 37.2 Å². The topological polar surface area (TPSA) is 74.2 Å². The summed E-state index contributed by atoms with van der Waals surface area (Å²) in [5.41, 5.74) is 0.403. The van der Waals surface area contributed by atoms with Gasteiger partial charge in [-0.1, -0.05) is 39.0 Å². The summed E-state index contributed by atoms with van der Waals surface area (Å²) in [6.07, 6.45) is -3.90. The molecule has 2 rings (SSSR count). The number of aliphatic hydroxyl groups excluding tert-OH is 1. The van der Waals surface area contributed by atoms with E-state index < -0.39 is 45.0 Å². The zero-order valence-corrected chi connectivity index (χ0v) is 18.3. The van der Waals surface area contributed by atoms with Crippen molar-refractivity contribution in [2.45, 2.75) is 76.5 Å². The van der Waals surface area contributed by atoms with Gasteiger partial charge in [0.2, 0.25) is 0 Å². The highest BCUT2D eigenvalue weighted by Crippen LogP contribution is 2.39. The molecule has 1 N–H and O–H groups in total. The monoisotopic (exact) mass is 396 g/mol. The summed E-state index contributed by atoms with van der Waals surface area (Å²) in [5, 5.41) is 11.0. The lowest BCUT2D eigenvalue weighted by molar-refractivity contribution is -0.282. The second-order valence-corrected chi connectivity index (χ2v) is 13.3. The Kier molecular flexibility index (Phi) is 6.86. The van der Waals surface area contributed by atoms with Crippen LogP contribution in [-0.2, 0) is 18.6 Å². The maximum atomic E-state index is 12.5. The molecule has 0 radical (unpaired) electrons. The number of rotatable bonds is 5. The van der Waals surface area contributed by atoms with E-state index in [0.29, 0.717) is 5.56 Å². The zero-order valence-electron chi connectivity index (χ0n) is 17.3. The van der Waals surface area contributed by atoms with Gasteiger partial charge in [0.05, 0.1) is 11.7 Å². The fourth-order valence-electron chi connectivity index (χ4n) is 2.76. The third-order valence-electron chi connectivity index (χ3n) is 5.47. The standard InChI is InChI=1S/C20H32O6Si/c1-13-16(26-27(6,7)20(2,3)4)15(21)17(19(23-5)24-13)25-18(22)14-11-9-8-10-12-14/h8-13,15-17,19,21H,1-7H3/t13-,15-,16-,17-,19+/m1/s1. The molecule has 7 heteroatoms. The minimum Gasteiger partial charge on any atom is -0.450 e. The molecule has 1 aliphatic rings. The van der Waals surface area contributed by atoms with Crippen LogP contribution in [0.2, 0.25) is 18.1 Å². The number of hydrogen-bond donors (Lipinski definition) is 1. The molecule has 0 aliphatic carbocycles. The first-order valence-electron chi connectivity index (χ1n) is 9.28. The molecule has 0 spiro atoms. The summed E-state index contributed by atoms with van der Waals surface area (Å²) >= 11 is 0. The molecule has 1 fully saturated rings. The molecule has 1 aliphatic heterocycles. The van der Waals surface area contributed by atoms with Crippen LogP contribution >= 0.6 is 0 Å². The van der Waals surface area contributed by atoms with Crippen molar-refractivity contribution in [3.05, 3.63) is 35.9 Å². The van der Waals surface area contributed by atoms with Crippen molar-refractivity contribution in [2.75, 3.05) is 7.11 Å². The molecular formula is C20H32O6Si. The van der Waals surface area contributed by atoms with E-state index in [2.05, 4.69) is 33.9 Å². The average Bonchev–Trinajstić information content (AvgIpc) is 2.60. The molecule has 0 saturated carbocycles. The predicted molar refractivity (Wildman–Crippen MR) is 105 cm³/mol. The fourth-order valence-corrected chi connectivity index (χ4v) is 4.12. The molecule has 6 nitrogen and oxygen atoms in total. The highest BCUT2D eigenvalue weighted by atomic mass is 28.4. The third-order valence-corrected chi connectivity index (χ3v) is 9.95. The Bertz CT molecular complexity index is 627. The fraction of sp³-hybridized carbons (Fsp3) is 0.650. The highest BCUT2D eigenvalue weighted by Gasteiger charge is 2.50. The van der Waals surface area contributed by atoms with Crippen LogP contribution in [-0.4, -0.2) is 57.2 Å². The Morgan fingerprint density at radius 2 is 1.74 bits per heavy atom. The molecule has 0 unspecified atom stereocenters. The number of ether oxygens (including phenoxy) is 3. The summed E-state index contributed by atoms with van der Waals surface area (Å²) in [5.74, 6) is -0.536.